The molecule has 0 aliphatic carbocycles. The highest BCUT2D eigenvalue weighted by molar-refractivity contribution is 5.83. The molecule has 5 aromatic rings. The van der Waals surface area contributed by atoms with Gasteiger partial charge in [-0.15, -0.1) is 0 Å². The molecule has 0 atom stereocenters. The van der Waals surface area contributed by atoms with Crippen LogP contribution in [0.5, 0.6) is 5.75 Å². The quantitative estimate of drug-likeness (QED) is 0.449. The maximum Gasteiger partial charge on any atom is 0.202 e. The normalized spacial score (nSPS) is 11.1. The molecule has 5 heteroatoms. The van der Waals surface area contributed by atoms with Gasteiger partial charge in [-0.25, -0.2) is 4.68 Å². The van der Waals surface area contributed by atoms with E-state index >= 15 is 0 Å². The van der Waals surface area contributed by atoms with Gasteiger partial charge in [0.15, 0.2) is 0 Å². The zero-order valence-electron chi connectivity index (χ0n) is 16.2. The van der Waals surface area contributed by atoms with Gasteiger partial charge in [0.2, 0.25) is 5.43 Å². The van der Waals surface area contributed by atoms with Crippen molar-refractivity contribution in [3.05, 3.63) is 101 Å². The fraction of sp³-hybridized carbons (Fsp3) is 0.0400. The monoisotopic (exact) mass is 394 g/mol. The van der Waals surface area contributed by atoms with Gasteiger partial charge in [0, 0.05) is 11.6 Å². The van der Waals surface area contributed by atoms with Gasteiger partial charge in [0.1, 0.15) is 17.6 Å². The number of hydrogen-bond donors (Lipinski definition) is 1. The molecule has 5 rings (SSSR count). The van der Waals surface area contributed by atoms with Crippen LogP contribution in [0.25, 0.3) is 39.2 Å². The van der Waals surface area contributed by atoms with Gasteiger partial charge >= 0.3 is 0 Å². The van der Waals surface area contributed by atoms with Crippen LogP contribution in [-0.4, -0.2) is 14.9 Å². The summed E-state index contributed by atoms with van der Waals surface area (Å²) in [5, 5.41) is 14.9. The SMILES string of the molecule is Cc1ccc(-c2cc(-c3coc4cc(O)ccc4c3=O)n(-c3ccccc3)n2)cc1. The minimum absolute atomic E-state index is 0.0504. The summed E-state index contributed by atoms with van der Waals surface area (Å²) in [4.78, 5) is 13.2. The highest BCUT2D eigenvalue weighted by atomic mass is 16.3. The minimum atomic E-state index is -0.177. The molecule has 5 nitrogen and oxygen atoms in total. The number of phenolic OH excluding ortho intramolecular Hbond substituents is 1. The zero-order valence-corrected chi connectivity index (χ0v) is 16.2. The van der Waals surface area contributed by atoms with Crippen molar-refractivity contribution in [2.24, 2.45) is 0 Å². The first-order chi connectivity index (χ1) is 14.6. The first kappa shape index (κ1) is 17.9. The van der Waals surface area contributed by atoms with Crippen LogP contribution >= 0.6 is 0 Å². The molecule has 1 N–H and O–H groups in total. The van der Waals surface area contributed by atoms with Crippen molar-refractivity contribution < 1.29 is 9.52 Å². The van der Waals surface area contributed by atoms with Gasteiger partial charge in [-0.2, -0.15) is 5.10 Å². The molecule has 0 amide bonds. The number of nitrogens with zero attached hydrogens (tertiary/aromatic N) is 2. The van der Waals surface area contributed by atoms with Crippen molar-refractivity contribution in [3.63, 3.8) is 0 Å². The van der Waals surface area contributed by atoms with Gasteiger partial charge in [-0.05, 0) is 37.3 Å². The third-order valence-electron chi connectivity index (χ3n) is 5.09. The van der Waals surface area contributed by atoms with Crippen LogP contribution in [0, 0.1) is 6.92 Å². The van der Waals surface area contributed by atoms with Crippen molar-refractivity contribution in [1.29, 1.82) is 0 Å². The summed E-state index contributed by atoms with van der Waals surface area (Å²) in [6.45, 7) is 2.04. The van der Waals surface area contributed by atoms with Crippen molar-refractivity contribution in [1.82, 2.24) is 9.78 Å². The van der Waals surface area contributed by atoms with Crippen LogP contribution in [0.15, 0.2) is 94.3 Å². The largest absolute Gasteiger partial charge is 0.508 e. The number of phenols is 1. The van der Waals surface area contributed by atoms with Crippen LogP contribution in [0.4, 0.5) is 0 Å². The number of para-hydroxylation sites is 1. The molecule has 0 fully saturated rings. The first-order valence-corrected chi connectivity index (χ1v) is 9.57. The minimum Gasteiger partial charge on any atom is -0.508 e. The Labute approximate surface area is 172 Å². The Morgan fingerprint density at radius 2 is 1.70 bits per heavy atom. The van der Waals surface area contributed by atoms with E-state index < -0.39 is 0 Å². The summed E-state index contributed by atoms with van der Waals surface area (Å²) < 4.78 is 7.44. The zero-order chi connectivity index (χ0) is 20.7. The molecule has 0 bridgehead atoms. The van der Waals surface area contributed by atoms with E-state index in [2.05, 4.69) is 0 Å². The van der Waals surface area contributed by atoms with Crippen LogP contribution < -0.4 is 5.43 Å². The molecule has 0 saturated heterocycles. The van der Waals surface area contributed by atoms with Gasteiger partial charge in [-0.3, -0.25) is 4.79 Å². The molecule has 146 valence electrons. The maximum atomic E-state index is 13.2. The number of aromatic nitrogens is 2. The Bertz CT molecular complexity index is 1420. The van der Waals surface area contributed by atoms with E-state index in [1.165, 1.54) is 24.0 Å². The Hall–Kier alpha value is -4.12. The molecule has 0 aliphatic rings. The fourth-order valence-corrected chi connectivity index (χ4v) is 3.50. The third-order valence-corrected chi connectivity index (χ3v) is 5.09. The lowest BCUT2D eigenvalue weighted by atomic mass is 10.1. The number of aryl methyl sites for hydroxylation is 1. The van der Waals surface area contributed by atoms with E-state index in [1.54, 1.807) is 10.7 Å². The summed E-state index contributed by atoms with van der Waals surface area (Å²) in [6.07, 6.45) is 1.43. The van der Waals surface area contributed by atoms with Crippen LogP contribution in [-0.2, 0) is 0 Å². The van der Waals surface area contributed by atoms with Crippen molar-refractivity contribution >= 4 is 11.0 Å². The van der Waals surface area contributed by atoms with Crippen LogP contribution in [0.1, 0.15) is 5.56 Å². The molecule has 0 aliphatic heterocycles. The summed E-state index contributed by atoms with van der Waals surface area (Å²) >= 11 is 0. The summed E-state index contributed by atoms with van der Waals surface area (Å²) in [5.74, 6) is 0.0504. The Kier molecular flexibility index (Phi) is 4.21. The van der Waals surface area contributed by atoms with Crippen LogP contribution in [0.2, 0.25) is 0 Å². The van der Waals surface area contributed by atoms with Gasteiger partial charge in [0.25, 0.3) is 0 Å². The molecule has 0 spiro atoms. The predicted octanol–water partition coefficient (Wildman–Crippen LogP) is 5.33. The second kappa shape index (κ2) is 7.04. The van der Waals surface area contributed by atoms with E-state index in [4.69, 9.17) is 9.52 Å². The Morgan fingerprint density at radius 1 is 0.933 bits per heavy atom. The lowest BCUT2D eigenvalue weighted by Crippen LogP contribution is -2.08. The van der Waals surface area contributed by atoms with Gasteiger partial charge in [0.05, 0.1) is 28.0 Å². The van der Waals surface area contributed by atoms with Gasteiger partial charge < -0.3 is 9.52 Å². The Balaban J connectivity index is 1.76. The van der Waals surface area contributed by atoms with E-state index in [1.807, 2.05) is 67.6 Å². The summed E-state index contributed by atoms with van der Waals surface area (Å²) in [6, 6.07) is 24.2. The number of benzene rings is 3. The number of hydrogen-bond acceptors (Lipinski definition) is 4. The number of fused-ring (bicyclic) bond motifs is 1. The average molecular weight is 394 g/mol. The topological polar surface area (TPSA) is 68.3 Å². The molecule has 3 aromatic carbocycles. The molecular formula is C25H18N2O3. The second-order valence-corrected chi connectivity index (χ2v) is 7.19. The van der Waals surface area contributed by atoms with Crippen molar-refractivity contribution in [2.45, 2.75) is 6.92 Å². The van der Waals surface area contributed by atoms with E-state index in [9.17, 15) is 9.90 Å². The molecule has 2 aromatic heterocycles. The third kappa shape index (κ3) is 3.06. The lowest BCUT2D eigenvalue weighted by Gasteiger charge is -2.07. The standard InChI is InChI=1S/C25H18N2O3/c1-16-7-9-17(10-8-16)22-14-23(27(26-22)18-5-3-2-4-6-18)21-15-30-24-13-19(28)11-12-20(24)25(21)29/h2-15,28H,1H3. The maximum absolute atomic E-state index is 13.2. The highest BCUT2D eigenvalue weighted by Gasteiger charge is 2.18. The van der Waals surface area contributed by atoms with Crippen molar-refractivity contribution in [2.75, 3.05) is 0 Å². The second-order valence-electron chi connectivity index (χ2n) is 7.19. The van der Waals surface area contributed by atoms with Gasteiger partial charge in [-0.1, -0.05) is 48.0 Å². The van der Waals surface area contributed by atoms with Crippen LogP contribution in [0.3, 0.4) is 0 Å². The van der Waals surface area contributed by atoms with E-state index in [-0.39, 0.29) is 11.2 Å². The molecule has 0 radical (unpaired) electrons. The Morgan fingerprint density at radius 3 is 2.47 bits per heavy atom. The number of aromatic hydroxyl groups is 1. The smallest absolute Gasteiger partial charge is 0.202 e. The van der Waals surface area contributed by atoms with E-state index in [0.717, 1.165) is 16.9 Å². The number of rotatable bonds is 3. The van der Waals surface area contributed by atoms with E-state index in [0.29, 0.717) is 22.2 Å². The van der Waals surface area contributed by atoms with Crippen molar-refractivity contribution in [3.8, 4) is 34.0 Å². The summed E-state index contributed by atoms with van der Waals surface area (Å²) in [7, 11) is 0. The highest BCUT2D eigenvalue weighted by Crippen LogP contribution is 2.29. The fourth-order valence-electron chi connectivity index (χ4n) is 3.50. The predicted molar refractivity (Wildman–Crippen MR) is 117 cm³/mol. The summed E-state index contributed by atoms with van der Waals surface area (Å²) in [5.41, 5.74) is 4.95. The molecule has 30 heavy (non-hydrogen) atoms. The molecule has 2 heterocycles. The average Bonchev–Trinajstić information content (AvgIpc) is 3.20. The molecular weight excluding hydrogens is 376 g/mol. The first-order valence-electron chi connectivity index (χ1n) is 9.57. The lowest BCUT2D eigenvalue weighted by molar-refractivity contribution is 0.474. The molecule has 0 saturated carbocycles. The molecule has 0 unspecified atom stereocenters.